The number of hydrogen-bond acceptors (Lipinski definition) is 3. The summed E-state index contributed by atoms with van der Waals surface area (Å²) in [6.45, 7) is 1.04. The van der Waals surface area contributed by atoms with Crippen molar-refractivity contribution in [3.05, 3.63) is 54.6 Å². The third kappa shape index (κ3) is 3.50. The summed E-state index contributed by atoms with van der Waals surface area (Å²) >= 11 is 0. The van der Waals surface area contributed by atoms with Gasteiger partial charge in [0.05, 0.1) is 0 Å². The lowest BCUT2D eigenvalue weighted by molar-refractivity contribution is 0.328. The van der Waals surface area contributed by atoms with Gasteiger partial charge in [-0.1, -0.05) is 18.2 Å². The number of hydrogen-bond donors (Lipinski definition) is 1. The molecule has 0 aliphatic rings. The Morgan fingerprint density at radius 1 is 0.765 bits per heavy atom. The van der Waals surface area contributed by atoms with Crippen molar-refractivity contribution in [1.29, 1.82) is 0 Å². The molecule has 0 unspecified atom stereocenters. The molecule has 2 aromatic carbocycles. The first-order valence-electron chi connectivity index (χ1n) is 5.54. The van der Waals surface area contributed by atoms with Crippen molar-refractivity contribution in [3.8, 4) is 17.2 Å². The van der Waals surface area contributed by atoms with E-state index in [1.165, 1.54) is 0 Å². The van der Waals surface area contributed by atoms with Crippen molar-refractivity contribution in [3.63, 3.8) is 0 Å². The zero-order chi connectivity index (χ0) is 11.9. The van der Waals surface area contributed by atoms with Gasteiger partial charge in [0.25, 0.3) is 0 Å². The van der Waals surface area contributed by atoms with Crippen molar-refractivity contribution in [2.75, 3.05) is 13.2 Å². The predicted molar refractivity (Wildman–Crippen MR) is 67.5 cm³/mol. The van der Waals surface area contributed by atoms with Gasteiger partial charge in [0.2, 0.25) is 0 Å². The molecule has 0 radical (unpaired) electrons. The maximum Gasteiger partial charge on any atom is 0.127 e. The summed E-state index contributed by atoms with van der Waals surface area (Å²) in [7, 11) is 0. The minimum Gasteiger partial charge on any atom is -0.492 e. The zero-order valence-electron chi connectivity index (χ0n) is 9.50. The van der Waals surface area contributed by atoms with Crippen LogP contribution in [-0.4, -0.2) is 13.2 Å². The third-order valence-corrected chi connectivity index (χ3v) is 2.19. The normalized spacial score (nSPS) is 9.94. The molecular weight excluding hydrogens is 214 g/mol. The highest BCUT2D eigenvalue weighted by molar-refractivity contribution is 5.35. The fourth-order valence-electron chi connectivity index (χ4n) is 1.41. The Morgan fingerprint density at radius 3 is 2.00 bits per heavy atom. The summed E-state index contributed by atoms with van der Waals surface area (Å²) in [5.74, 6) is 2.41. The van der Waals surface area contributed by atoms with Gasteiger partial charge in [-0.3, -0.25) is 0 Å². The second-order valence-electron chi connectivity index (χ2n) is 3.52. The van der Waals surface area contributed by atoms with Gasteiger partial charge in [0, 0.05) is 6.54 Å². The molecular formula is C14H15NO2. The number of benzene rings is 2. The van der Waals surface area contributed by atoms with Crippen molar-refractivity contribution in [1.82, 2.24) is 0 Å². The van der Waals surface area contributed by atoms with E-state index in [0.717, 1.165) is 17.2 Å². The minimum atomic E-state index is 0.516. The summed E-state index contributed by atoms with van der Waals surface area (Å²) in [6, 6.07) is 17.1. The summed E-state index contributed by atoms with van der Waals surface area (Å²) in [4.78, 5) is 0. The molecule has 0 saturated heterocycles. The Morgan fingerprint density at radius 2 is 1.35 bits per heavy atom. The van der Waals surface area contributed by atoms with Crippen LogP contribution in [0.15, 0.2) is 54.6 Å². The van der Waals surface area contributed by atoms with Crippen LogP contribution in [0, 0.1) is 0 Å². The van der Waals surface area contributed by atoms with Gasteiger partial charge in [0.1, 0.15) is 23.9 Å². The molecule has 0 aliphatic carbocycles. The number of nitrogens with two attached hydrogens (primary N) is 1. The average molecular weight is 229 g/mol. The van der Waals surface area contributed by atoms with E-state index in [1.54, 1.807) is 0 Å². The smallest absolute Gasteiger partial charge is 0.127 e. The van der Waals surface area contributed by atoms with Gasteiger partial charge in [-0.25, -0.2) is 0 Å². The van der Waals surface area contributed by atoms with Crippen LogP contribution in [0.25, 0.3) is 0 Å². The predicted octanol–water partition coefficient (Wildman–Crippen LogP) is 2.82. The van der Waals surface area contributed by atoms with Crippen LogP contribution in [0.1, 0.15) is 0 Å². The quantitative estimate of drug-likeness (QED) is 0.857. The van der Waals surface area contributed by atoms with E-state index in [1.807, 2.05) is 54.6 Å². The lowest BCUT2D eigenvalue weighted by Gasteiger charge is -2.07. The molecule has 2 N–H and O–H groups in total. The largest absolute Gasteiger partial charge is 0.492 e. The molecule has 17 heavy (non-hydrogen) atoms. The molecule has 0 saturated carbocycles. The van der Waals surface area contributed by atoms with E-state index in [0.29, 0.717) is 13.2 Å². The Kier molecular flexibility index (Phi) is 4.00. The average Bonchev–Trinajstić information content (AvgIpc) is 2.39. The molecule has 0 amide bonds. The highest BCUT2D eigenvalue weighted by atomic mass is 16.5. The van der Waals surface area contributed by atoms with Crippen molar-refractivity contribution in [2.45, 2.75) is 0 Å². The summed E-state index contributed by atoms with van der Waals surface area (Å²) in [6.07, 6.45) is 0. The van der Waals surface area contributed by atoms with Gasteiger partial charge in [-0.05, 0) is 36.4 Å². The zero-order valence-corrected chi connectivity index (χ0v) is 9.50. The summed E-state index contributed by atoms with van der Waals surface area (Å²) < 4.78 is 11.0. The highest BCUT2D eigenvalue weighted by Gasteiger charge is 1.97. The van der Waals surface area contributed by atoms with Crippen LogP contribution >= 0.6 is 0 Å². The Bertz CT molecular complexity index is 440. The first kappa shape index (κ1) is 11.5. The Labute approximate surface area is 101 Å². The molecule has 3 heteroatoms. The first-order valence-corrected chi connectivity index (χ1v) is 5.54. The van der Waals surface area contributed by atoms with Crippen molar-refractivity contribution >= 4 is 0 Å². The van der Waals surface area contributed by atoms with Crippen molar-refractivity contribution in [2.24, 2.45) is 5.73 Å². The summed E-state index contributed by atoms with van der Waals surface area (Å²) in [5.41, 5.74) is 5.36. The van der Waals surface area contributed by atoms with Gasteiger partial charge < -0.3 is 15.2 Å². The molecule has 0 bridgehead atoms. The molecule has 3 nitrogen and oxygen atoms in total. The molecule has 2 aromatic rings. The lowest BCUT2D eigenvalue weighted by Crippen LogP contribution is -2.10. The monoisotopic (exact) mass is 229 g/mol. The highest BCUT2D eigenvalue weighted by Crippen LogP contribution is 2.23. The second-order valence-corrected chi connectivity index (χ2v) is 3.52. The van der Waals surface area contributed by atoms with Crippen LogP contribution in [0.4, 0.5) is 0 Å². The molecule has 88 valence electrons. The molecule has 0 aromatic heterocycles. The van der Waals surface area contributed by atoms with Crippen LogP contribution in [0.3, 0.4) is 0 Å². The second kappa shape index (κ2) is 5.92. The van der Waals surface area contributed by atoms with Crippen LogP contribution < -0.4 is 15.2 Å². The first-order chi connectivity index (χ1) is 8.38. The van der Waals surface area contributed by atoms with E-state index < -0.39 is 0 Å². The van der Waals surface area contributed by atoms with Crippen LogP contribution in [0.5, 0.6) is 17.2 Å². The molecule has 2 rings (SSSR count). The minimum absolute atomic E-state index is 0.516. The number of rotatable bonds is 5. The van der Waals surface area contributed by atoms with Gasteiger partial charge in [0.15, 0.2) is 0 Å². The Hall–Kier alpha value is -2.00. The maximum atomic E-state index is 5.66. The molecule has 0 fully saturated rings. The fraction of sp³-hybridized carbons (Fsp3) is 0.143. The number of ether oxygens (including phenoxy) is 2. The molecule has 0 aliphatic heterocycles. The molecule has 0 spiro atoms. The van der Waals surface area contributed by atoms with E-state index in [4.69, 9.17) is 15.2 Å². The fourth-order valence-corrected chi connectivity index (χ4v) is 1.41. The molecule has 0 atom stereocenters. The topological polar surface area (TPSA) is 44.5 Å². The van der Waals surface area contributed by atoms with Crippen LogP contribution in [0.2, 0.25) is 0 Å². The molecule has 0 heterocycles. The standard InChI is InChI=1S/C14H15NO2/c15-10-11-16-12-6-8-14(9-7-12)17-13-4-2-1-3-5-13/h1-9H,10-11,15H2. The van der Waals surface area contributed by atoms with Crippen molar-refractivity contribution < 1.29 is 9.47 Å². The third-order valence-electron chi connectivity index (χ3n) is 2.19. The van der Waals surface area contributed by atoms with Gasteiger partial charge >= 0.3 is 0 Å². The maximum absolute atomic E-state index is 5.66. The SMILES string of the molecule is NCCOc1ccc(Oc2ccccc2)cc1. The Balaban J connectivity index is 1.98. The number of para-hydroxylation sites is 1. The lowest BCUT2D eigenvalue weighted by atomic mass is 10.3. The van der Waals surface area contributed by atoms with Gasteiger partial charge in [-0.15, -0.1) is 0 Å². The van der Waals surface area contributed by atoms with Gasteiger partial charge in [-0.2, -0.15) is 0 Å². The van der Waals surface area contributed by atoms with E-state index in [9.17, 15) is 0 Å². The van der Waals surface area contributed by atoms with E-state index >= 15 is 0 Å². The summed E-state index contributed by atoms with van der Waals surface area (Å²) in [5, 5.41) is 0. The van der Waals surface area contributed by atoms with E-state index in [2.05, 4.69) is 0 Å². The van der Waals surface area contributed by atoms with E-state index in [-0.39, 0.29) is 0 Å². The van der Waals surface area contributed by atoms with Crippen LogP contribution in [-0.2, 0) is 0 Å².